The second-order valence-corrected chi connectivity index (χ2v) is 4.76. The zero-order chi connectivity index (χ0) is 14.3. The van der Waals surface area contributed by atoms with Gasteiger partial charge in [0, 0.05) is 13.1 Å². The first-order valence-electron chi connectivity index (χ1n) is 5.93. The molecule has 8 heteroatoms. The van der Waals surface area contributed by atoms with Crippen molar-refractivity contribution in [2.24, 2.45) is 7.05 Å². The average molecular weight is 291 g/mol. The van der Waals surface area contributed by atoms with E-state index in [1.807, 2.05) is 6.92 Å². The van der Waals surface area contributed by atoms with Gasteiger partial charge in [0.25, 0.3) is 5.56 Å². The molecule has 3 rings (SSSR count). The van der Waals surface area contributed by atoms with Gasteiger partial charge in [-0.2, -0.15) is 10.2 Å². The largest absolute Gasteiger partial charge is 0.268 e. The molecule has 0 bridgehead atoms. The summed E-state index contributed by atoms with van der Waals surface area (Å²) in [7, 11) is 1.77. The number of hydrogen-bond acceptors (Lipinski definition) is 5. The van der Waals surface area contributed by atoms with Crippen molar-refractivity contribution in [3.63, 3.8) is 0 Å². The van der Waals surface area contributed by atoms with Crippen LogP contribution in [0.25, 0.3) is 11.0 Å². The Morgan fingerprint density at radius 3 is 2.90 bits per heavy atom. The highest BCUT2D eigenvalue weighted by atomic mass is 35.5. The smallest absolute Gasteiger partial charge is 0.267 e. The summed E-state index contributed by atoms with van der Waals surface area (Å²) in [6, 6.07) is 3.13. The molecule has 0 radical (unpaired) electrons. The third kappa shape index (κ3) is 2.16. The summed E-state index contributed by atoms with van der Waals surface area (Å²) in [6.45, 7) is 1.98. The predicted octanol–water partition coefficient (Wildman–Crippen LogP) is 0.930. The highest BCUT2D eigenvalue weighted by Gasteiger charge is 2.11. The molecule has 3 aromatic heterocycles. The lowest BCUT2D eigenvalue weighted by Crippen LogP contribution is -2.24. The summed E-state index contributed by atoms with van der Waals surface area (Å²) >= 11 is 6.10. The van der Waals surface area contributed by atoms with Gasteiger partial charge in [0.1, 0.15) is 11.7 Å². The molecule has 0 fully saturated rings. The van der Waals surface area contributed by atoms with Gasteiger partial charge in [-0.25, -0.2) is 14.6 Å². The van der Waals surface area contributed by atoms with Crippen molar-refractivity contribution in [1.82, 2.24) is 29.5 Å². The van der Waals surface area contributed by atoms with Crippen LogP contribution in [0.1, 0.15) is 11.5 Å². The summed E-state index contributed by atoms with van der Waals surface area (Å²) in [5.41, 5.74) is 1.17. The van der Waals surface area contributed by atoms with Crippen molar-refractivity contribution in [1.29, 1.82) is 0 Å². The molecule has 0 atom stereocenters. The Kier molecular flexibility index (Phi) is 2.98. The van der Waals surface area contributed by atoms with Crippen molar-refractivity contribution < 1.29 is 0 Å². The van der Waals surface area contributed by atoms with E-state index in [4.69, 9.17) is 11.6 Å². The molecule has 3 aromatic rings. The van der Waals surface area contributed by atoms with Crippen LogP contribution in [0.3, 0.4) is 0 Å². The number of rotatable bonds is 2. The summed E-state index contributed by atoms with van der Waals surface area (Å²) in [5.74, 6) is 0.423. The van der Waals surface area contributed by atoms with Crippen molar-refractivity contribution in [3.05, 3.63) is 45.4 Å². The first-order chi connectivity index (χ1) is 9.54. The fourth-order valence-electron chi connectivity index (χ4n) is 1.90. The van der Waals surface area contributed by atoms with Crippen molar-refractivity contribution in [2.45, 2.75) is 13.5 Å². The fraction of sp³-hybridized carbons (Fsp3) is 0.250. The van der Waals surface area contributed by atoms with Crippen LogP contribution in [-0.2, 0) is 13.6 Å². The molecule has 0 saturated carbocycles. The van der Waals surface area contributed by atoms with Gasteiger partial charge >= 0.3 is 0 Å². The van der Waals surface area contributed by atoms with E-state index in [0.717, 1.165) is 5.69 Å². The van der Waals surface area contributed by atoms with Crippen LogP contribution in [-0.4, -0.2) is 29.5 Å². The Bertz CT molecular complexity index is 853. The first kappa shape index (κ1) is 12.7. The third-order valence-corrected chi connectivity index (χ3v) is 3.17. The van der Waals surface area contributed by atoms with Crippen molar-refractivity contribution in [2.75, 3.05) is 0 Å². The molecule has 0 aliphatic carbocycles. The second kappa shape index (κ2) is 4.68. The Hall–Kier alpha value is -2.28. The van der Waals surface area contributed by atoms with Crippen LogP contribution in [0.5, 0.6) is 0 Å². The number of nitrogens with zero attached hydrogens (tertiary/aromatic N) is 6. The summed E-state index contributed by atoms with van der Waals surface area (Å²) in [5, 5.41) is 9.23. The lowest BCUT2D eigenvalue weighted by molar-refractivity contribution is 0.605. The molecule has 7 nitrogen and oxygen atoms in total. The number of halogens is 1. The predicted molar refractivity (Wildman–Crippen MR) is 73.7 cm³/mol. The van der Waals surface area contributed by atoms with E-state index in [1.165, 1.54) is 10.7 Å². The summed E-state index contributed by atoms with van der Waals surface area (Å²) in [4.78, 5) is 20.3. The lowest BCUT2D eigenvalue weighted by Gasteiger charge is -2.05. The minimum atomic E-state index is -0.208. The van der Waals surface area contributed by atoms with Gasteiger partial charge in [-0.05, 0) is 13.0 Å². The molecule has 0 amide bonds. The average Bonchev–Trinajstić information content (AvgIpc) is 2.77. The van der Waals surface area contributed by atoms with E-state index in [1.54, 1.807) is 24.0 Å². The molecule has 0 saturated heterocycles. The van der Waals surface area contributed by atoms with Crippen LogP contribution in [0.2, 0.25) is 5.15 Å². The molecule has 102 valence electrons. The minimum Gasteiger partial charge on any atom is -0.268 e. The van der Waals surface area contributed by atoms with E-state index in [0.29, 0.717) is 22.0 Å². The summed E-state index contributed by atoms with van der Waals surface area (Å²) < 4.78 is 2.92. The minimum absolute atomic E-state index is 0.168. The van der Waals surface area contributed by atoms with E-state index < -0.39 is 0 Å². The molecular weight excluding hydrogens is 280 g/mol. The Balaban J connectivity index is 2.08. The highest BCUT2D eigenvalue weighted by molar-refractivity contribution is 6.33. The monoisotopic (exact) mass is 290 g/mol. The number of fused-ring (bicyclic) bond motifs is 1. The molecular formula is C12H11ClN6O. The lowest BCUT2D eigenvalue weighted by atomic mass is 10.4. The Labute approximate surface area is 118 Å². The quantitative estimate of drug-likeness (QED) is 0.656. The van der Waals surface area contributed by atoms with Crippen molar-refractivity contribution in [3.8, 4) is 0 Å². The van der Waals surface area contributed by atoms with Gasteiger partial charge < -0.3 is 0 Å². The van der Waals surface area contributed by atoms with Crippen LogP contribution in [0.4, 0.5) is 0 Å². The Morgan fingerprint density at radius 2 is 2.10 bits per heavy atom. The molecule has 0 unspecified atom stereocenters. The number of aryl methyl sites for hydroxylation is 2. The van der Waals surface area contributed by atoms with Gasteiger partial charge in [-0.3, -0.25) is 9.48 Å². The van der Waals surface area contributed by atoms with Crippen molar-refractivity contribution >= 4 is 22.6 Å². The van der Waals surface area contributed by atoms with E-state index >= 15 is 0 Å². The Morgan fingerprint density at radius 1 is 1.30 bits per heavy atom. The van der Waals surface area contributed by atoms with Gasteiger partial charge in [-0.15, -0.1) is 0 Å². The fourth-order valence-corrected chi connectivity index (χ4v) is 2.13. The molecule has 20 heavy (non-hydrogen) atoms. The van der Waals surface area contributed by atoms with E-state index in [9.17, 15) is 4.79 Å². The van der Waals surface area contributed by atoms with Crippen LogP contribution >= 0.6 is 11.6 Å². The normalized spacial score (nSPS) is 11.2. The van der Waals surface area contributed by atoms with Gasteiger partial charge in [0.05, 0.1) is 17.3 Å². The maximum absolute atomic E-state index is 11.7. The highest BCUT2D eigenvalue weighted by Crippen LogP contribution is 2.19. The third-order valence-electron chi connectivity index (χ3n) is 2.88. The first-order valence-corrected chi connectivity index (χ1v) is 6.31. The molecule has 0 aromatic carbocycles. The molecule has 0 spiro atoms. The number of hydrogen-bond donors (Lipinski definition) is 0. The zero-order valence-electron chi connectivity index (χ0n) is 10.9. The van der Waals surface area contributed by atoms with Gasteiger partial charge in [0.2, 0.25) is 0 Å². The van der Waals surface area contributed by atoms with Crippen LogP contribution in [0, 0.1) is 6.92 Å². The van der Waals surface area contributed by atoms with Gasteiger partial charge in [-0.1, -0.05) is 11.6 Å². The maximum atomic E-state index is 11.7. The zero-order valence-corrected chi connectivity index (χ0v) is 11.7. The van der Waals surface area contributed by atoms with Crippen LogP contribution in [0.15, 0.2) is 23.1 Å². The number of aromatic nitrogens is 6. The SMILES string of the molecule is Cc1ccc(=O)n(Cc2nc(Cl)c3cnn(C)c3n2)n1. The molecule has 0 N–H and O–H groups in total. The topological polar surface area (TPSA) is 78.5 Å². The maximum Gasteiger partial charge on any atom is 0.267 e. The standard InChI is InChI=1S/C12H11ClN6O/c1-7-3-4-10(20)19(17-7)6-9-15-11(13)8-5-14-18(2)12(8)16-9/h3-5H,6H2,1-2H3. The van der Waals surface area contributed by atoms with E-state index in [-0.39, 0.29) is 12.1 Å². The van der Waals surface area contributed by atoms with Gasteiger partial charge in [0.15, 0.2) is 11.5 Å². The molecule has 0 aliphatic heterocycles. The summed E-state index contributed by atoms with van der Waals surface area (Å²) in [6.07, 6.45) is 1.61. The second-order valence-electron chi connectivity index (χ2n) is 4.41. The molecule has 0 aliphatic rings. The van der Waals surface area contributed by atoms with E-state index in [2.05, 4.69) is 20.2 Å². The molecule has 3 heterocycles. The van der Waals surface area contributed by atoms with Crippen LogP contribution < -0.4 is 5.56 Å².